The van der Waals surface area contributed by atoms with E-state index in [0.717, 1.165) is 22.2 Å². The molecule has 1 atom stereocenters. The van der Waals surface area contributed by atoms with E-state index in [4.69, 9.17) is 9.47 Å². The quantitative estimate of drug-likeness (QED) is 0.680. The van der Waals surface area contributed by atoms with Gasteiger partial charge in [0, 0.05) is 18.4 Å². The molecule has 3 aromatic rings. The fourth-order valence-electron chi connectivity index (χ4n) is 3.58. The van der Waals surface area contributed by atoms with E-state index in [-0.39, 0.29) is 23.9 Å². The van der Waals surface area contributed by atoms with Crippen LogP contribution in [-0.4, -0.2) is 17.1 Å². The first kappa shape index (κ1) is 16.4. The molecule has 132 valence electrons. The van der Waals surface area contributed by atoms with E-state index in [1.807, 2.05) is 55.5 Å². The maximum Gasteiger partial charge on any atom is 0.312 e. The second-order valence-corrected chi connectivity index (χ2v) is 6.36. The highest BCUT2D eigenvalue weighted by molar-refractivity contribution is 5.91. The Morgan fingerprint density at radius 3 is 2.58 bits per heavy atom. The average Bonchev–Trinajstić information content (AvgIpc) is 2.66. The standard InChI is InChI=1S/C21H19NO4/c1-3-25-14-10-8-13(9-11-14)16-12-18(23)26-20-15-6-4-5-7-17(15)22(2)21(24)19(16)20/h4-11,16H,3,12H2,1-2H3/t16-/m1/s1. The van der Waals surface area contributed by atoms with Crippen LogP contribution in [0.2, 0.25) is 0 Å². The van der Waals surface area contributed by atoms with Crippen LogP contribution in [0.5, 0.6) is 11.5 Å². The van der Waals surface area contributed by atoms with Gasteiger partial charge >= 0.3 is 5.97 Å². The van der Waals surface area contributed by atoms with Crippen molar-refractivity contribution in [3.63, 3.8) is 0 Å². The van der Waals surface area contributed by atoms with Gasteiger partial charge < -0.3 is 14.0 Å². The van der Waals surface area contributed by atoms with Gasteiger partial charge in [0.15, 0.2) is 0 Å². The van der Waals surface area contributed by atoms with Crippen LogP contribution in [0.25, 0.3) is 10.9 Å². The van der Waals surface area contributed by atoms with Crippen LogP contribution in [-0.2, 0) is 11.8 Å². The highest BCUT2D eigenvalue weighted by Crippen LogP contribution is 2.40. The lowest BCUT2D eigenvalue weighted by Gasteiger charge is -2.26. The van der Waals surface area contributed by atoms with Crippen LogP contribution in [0.1, 0.15) is 30.4 Å². The van der Waals surface area contributed by atoms with Crippen molar-refractivity contribution >= 4 is 16.9 Å². The number of aryl methyl sites for hydroxylation is 1. The van der Waals surface area contributed by atoms with Crippen molar-refractivity contribution < 1.29 is 14.3 Å². The van der Waals surface area contributed by atoms with Gasteiger partial charge in [0.2, 0.25) is 0 Å². The first-order chi connectivity index (χ1) is 12.6. The fourth-order valence-corrected chi connectivity index (χ4v) is 3.58. The highest BCUT2D eigenvalue weighted by atomic mass is 16.5. The third-order valence-electron chi connectivity index (χ3n) is 4.82. The molecule has 0 aliphatic carbocycles. The zero-order valence-corrected chi connectivity index (χ0v) is 14.7. The molecule has 0 fully saturated rings. The number of pyridine rings is 1. The summed E-state index contributed by atoms with van der Waals surface area (Å²) in [4.78, 5) is 25.3. The van der Waals surface area contributed by atoms with Gasteiger partial charge in [-0.3, -0.25) is 9.59 Å². The average molecular weight is 349 g/mol. The van der Waals surface area contributed by atoms with Gasteiger partial charge in [-0.2, -0.15) is 0 Å². The monoisotopic (exact) mass is 349 g/mol. The second-order valence-electron chi connectivity index (χ2n) is 6.36. The second kappa shape index (κ2) is 6.33. The molecule has 5 nitrogen and oxygen atoms in total. The summed E-state index contributed by atoms with van der Waals surface area (Å²) >= 11 is 0. The first-order valence-corrected chi connectivity index (χ1v) is 8.65. The van der Waals surface area contributed by atoms with Crippen molar-refractivity contribution in [1.82, 2.24) is 4.57 Å². The topological polar surface area (TPSA) is 57.5 Å². The Kier molecular flexibility index (Phi) is 3.99. The van der Waals surface area contributed by atoms with E-state index in [1.165, 1.54) is 0 Å². The van der Waals surface area contributed by atoms with Crippen molar-refractivity contribution in [2.24, 2.45) is 7.05 Å². The number of hydrogen-bond donors (Lipinski definition) is 0. The van der Waals surface area contributed by atoms with E-state index in [0.29, 0.717) is 17.9 Å². The van der Waals surface area contributed by atoms with Crippen molar-refractivity contribution in [2.75, 3.05) is 6.61 Å². The summed E-state index contributed by atoms with van der Waals surface area (Å²) in [5, 5.41) is 0.772. The molecule has 5 heteroatoms. The molecule has 1 aliphatic rings. The van der Waals surface area contributed by atoms with E-state index in [2.05, 4.69) is 0 Å². The lowest BCUT2D eigenvalue weighted by Crippen LogP contribution is -2.31. The molecule has 0 bridgehead atoms. The number of esters is 1. The summed E-state index contributed by atoms with van der Waals surface area (Å²) in [5.74, 6) is 0.500. The summed E-state index contributed by atoms with van der Waals surface area (Å²) in [6.45, 7) is 2.51. The van der Waals surface area contributed by atoms with Gasteiger partial charge in [-0.1, -0.05) is 24.3 Å². The predicted octanol–water partition coefficient (Wildman–Crippen LogP) is 3.38. The minimum atomic E-state index is -0.328. The Morgan fingerprint density at radius 2 is 1.85 bits per heavy atom. The molecule has 0 saturated carbocycles. The maximum atomic E-state index is 13.0. The lowest BCUT2D eigenvalue weighted by atomic mass is 9.86. The minimum absolute atomic E-state index is 0.134. The molecule has 0 spiro atoms. The third-order valence-corrected chi connectivity index (χ3v) is 4.82. The number of carbonyl (C=O) groups is 1. The maximum absolute atomic E-state index is 13.0. The SMILES string of the molecule is CCOc1ccc([C@H]2CC(=O)Oc3c2c(=O)n(C)c2ccccc32)cc1. The van der Waals surface area contributed by atoms with Crippen LogP contribution >= 0.6 is 0 Å². The molecule has 4 rings (SSSR count). The Morgan fingerprint density at radius 1 is 1.12 bits per heavy atom. The minimum Gasteiger partial charge on any atom is -0.494 e. The van der Waals surface area contributed by atoms with Gasteiger partial charge in [0.25, 0.3) is 5.56 Å². The number of hydrogen-bond acceptors (Lipinski definition) is 4. The van der Waals surface area contributed by atoms with Crippen LogP contribution in [0.15, 0.2) is 53.3 Å². The van der Waals surface area contributed by atoms with Gasteiger partial charge in [0.05, 0.1) is 24.1 Å². The molecule has 0 unspecified atom stereocenters. The number of nitrogens with zero attached hydrogens (tertiary/aromatic N) is 1. The van der Waals surface area contributed by atoms with Crippen LogP contribution in [0.3, 0.4) is 0 Å². The normalized spacial score (nSPS) is 16.2. The molecule has 0 radical (unpaired) electrons. The van der Waals surface area contributed by atoms with E-state index in [1.54, 1.807) is 11.6 Å². The Bertz CT molecular complexity index is 1050. The van der Waals surface area contributed by atoms with Gasteiger partial charge in [-0.15, -0.1) is 0 Å². The first-order valence-electron chi connectivity index (χ1n) is 8.65. The van der Waals surface area contributed by atoms with Crippen molar-refractivity contribution in [3.05, 3.63) is 70.0 Å². The summed E-state index contributed by atoms with van der Waals surface area (Å²) in [6, 6.07) is 15.0. The third kappa shape index (κ3) is 2.56. The van der Waals surface area contributed by atoms with Crippen LogP contribution in [0, 0.1) is 0 Å². The number of ether oxygens (including phenoxy) is 2. The van der Waals surface area contributed by atoms with Gasteiger partial charge in [-0.25, -0.2) is 0 Å². The van der Waals surface area contributed by atoms with Gasteiger partial charge in [0.1, 0.15) is 11.5 Å². The molecule has 0 N–H and O–H groups in total. The number of fused-ring (bicyclic) bond motifs is 3. The van der Waals surface area contributed by atoms with Gasteiger partial charge in [-0.05, 0) is 36.8 Å². The molecule has 1 aliphatic heterocycles. The number of benzene rings is 2. The summed E-state index contributed by atoms with van der Waals surface area (Å²) in [6.07, 6.45) is 0.147. The molecule has 2 aromatic carbocycles. The zero-order chi connectivity index (χ0) is 18.3. The van der Waals surface area contributed by atoms with Crippen LogP contribution < -0.4 is 15.0 Å². The fraction of sp³-hybridized carbons (Fsp3) is 0.238. The summed E-state index contributed by atoms with van der Waals surface area (Å²) in [5.41, 5.74) is 2.05. The molecule has 1 aromatic heterocycles. The zero-order valence-electron chi connectivity index (χ0n) is 14.7. The largest absolute Gasteiger partial charge is 0.494 e. The smallest absolute Gasteiger partial charge is 0.312 e. The Hall–Kier alpha value is -3.08. The van der Waals surface area contributed by atoms with Crippen molar-refractivity contribution in [1.29, 1.82) is 0 Å². The van der Waals surface area contributed by atoms with E-state index in [9.17, 15) is 9.59 Å². The molecule has 26 heavy (non-hydrogen) atoms. The number of para-hydroxylation sites is 1. The summed E-state index contributed by atoms with van der Waals surface area (Å²) in [7, 11) is 1.75. The predicted molar refractivity (Wildman–Crippen MR) is 98.9 cm³/mol. The Labute approximate surface area is 150 Å². The molecule has 2 heterocycles. The molecular weight excluding hydrogens is 330 g/mol. The molecular formula is C21H19NO4. The lowest BCUT2D eigenvalue weighted by molar-refractivity contribution is -0.135. The van der Waals surface area contributed by atoms with E-state index < -0.39 is 0 Å². The summed E-state index contributed by atoms with van der Waals surface area (Å²) < 4.78 is 12.6. The Balaban J connectivity index is 1.93. The highest BCUT2D eigenvalue weighted by Gasteiger charge is 2.33. The number of aromatic nitrogens is 1. The van der Waals surface area contributed by atoms with E-state index >= 15 is 0 Å². The van der Waals surface area contributed by atoms with Crippen molar-refractivity contribution in [3.8, 4) is 11.5 Å². The number of carbonyl (C=O) groups excluding carboxylic acids is 1. The molecule has 0 saturated heterocycles. The number of rotatable bonds is 3. The molecule has 0 amide bonds. The van der Waals surface area contributed by atoms with Crippen LogP contribution in [0.4, 0.5) is 0 Å². The van der Waals surface area contributed by atoms with Crippen molar-refractivity contribution in [2.45, 2.75) is 19.3 Å².